The number of benzene rings is 1. The summed E-state index contributed by atoms with van der Waals surface area (Å²) in [6.45, 7) is 2.00. The summed E-state index contributed by atoms with van der Waals surface area (Å²) in [5, 5.41) is 17.4. The summed E-state index contributed by atoms with van der Waals surface area (Å²) in [5.74, 6) is 0. The Bertz CT molecular complexity index is 574. The molecule has 0 spiro atoms. The van der Waals surface area contributed by atoms with Gasteiger partial charge < -0.3 is 5.32 Å². The van der Waals surface area contributed by atoms with E-state index >= 15 is 0 Å². The first kappa shape index (κ1) is 13.8. The van der Waals surface area contributed by atoms with Crippen molar-refractivity contribution in [2.75, 3.05) is 5.32 Å². The van der Waals surface area contributed by atoms with E-state index in [2.05, 4.69) is 10.3 Å². The molecule has 0 aliphatic carbocycles. The van der Waals surface area contributed by atoms with E-state index in [-0.39, 0.29) is 11.7 Å². The minimum atomic E-state index is -0.423. The topological polar surface area (TPSA) is 68.1 Å². The van der Waals surface area contributed by atoms with Crippen LogP contribution in [-0.2, 0) is 0 Å². The third-order valence-electron chi connectivity index (χ3n) is 2.64. The summed E-state index contributed by atoms with van der Waals surface area (Å²) in [4.78, 5) is 14.8. The number of nitro benzene ring substituents is 1. The van der Waals surface area contributed by atoms with E-state index in [1.165, 1.54) is 23.5 Å². The first-order valence-electron chi connectivity index (χ1n) is 5.71. The smallest absolute Gasteiger partial charge is 0.292 e. The Morgan fingerprint density at radius 2 is 2.37 bits per heavy atom. The second-order valence-electron chi connectivity index (χ2n) is 3.89. The van der Waals surface area contributed by atoms with Crippen molar-refractivity contribution in [2.45, 2.75) is 19.4 Å². The van der Waals surface area contributed by atoms with Crippen LogP contribution in [0.1, 0.15) is 24.4 Å². The molecular weight excluding hydrogens is 286 g/mol. The summed E-state index contributed by atoms with van der Waals surface area (Å²) >= 11 is 7.41. The van der Waals surface area contributed by atoms with E-state index in [9.17, 15) is 10.1 Å². The van der Waals surface area contributed by atoms with E-state index in [0.29, 0.717) is 10.7 Å². The summed E-state index contributed by atoms with van der Waals surface area (Å²) in [6.07, 6.45) is 2.49. The second-order valence-corrected chi connectivity index (χ2v) is 5.26. The van der Waals surface area contributed by atoms with Crippen LogP contribution in [0.5, 0.6) is 0 Å². The van der Waals surface area contributed by atoms with Gasteiger partial charge in [0.25, 0.3) is 5.69 Å². The predicted molar refractivity (Wildman–Crippen MR) is 76.9 cm³/mol. The molecule has 19 heavy (non-hydrogen) atoms. The molecule has 1 N–H and O–H groups in total. The molecule has 0 aliphatic heterocycles. The van der Waals surface area contributed by atoms with Gasteiger partial charge in [-0.25, -0.2) is 4.98 Å². The Kier molecular flexibility index (Phi) is 4.34. The molecule has 2 rings (SSSR count). The van der Waals surface area contributed by atoms with Gasteiger partial charge >= 0.3 is 0 Å². The zero-order chi connectivity index (χ0) is 13.8. The molecule has 1 aromatic heterocycles. The molecule has 0 aliphatic rings. The highest BCUT2D eigenvalue weighted by Gasteiger charge is 2.19. The van der Waals surface area contributed by atoms with Gasteiger partial charge in [0.15, 0.2) is 0 Å². The van der Waals surface area contributed by atoms with Gasteiger partial charge in [-0.15, -0.1) is 11.3 Å². The van der Waals surface area contributed by atoms with Crippen LogP contribution in [0.4, 0.5) is 11.4 Å². The van der Waals surface area contributed by atoms with Crippen LogP contribution in [0.25, 0.3) is 0 Å². The fourth-order valence-corrected chi connectivity index (χ4v) is 2.66. The van der Waals surface area contributed by atoms with Crippen LogP contribution in [0, 0.1) is 10.1 Å². The van der Waals surface area contributed by atoms with Crippen molar-refractivity contribution in [1.29, 1.82) is 0 Å². The van der Waals surface area contributed by atoms with Crippen molar-refractivity contribution >= 4 is 34.3 Å². The lowest BCUT2D eigenvalue weighted by Crippen LogP contribution is -2.10. The maximum absolute atomic E-state index is 11.0. The largest absolute Gasteiger partial charge is 0.370 e. The van der Waals surface area contributed by atoms with E-state index in [4.69, 9.17) is 11.6 Å². The molecule has 100 valence electrons. The average molecular weight is 298 g/mol. The first-order chi connectivity index (χ1) is 9.11. The van der Waals surface area contributed by atoms with Crippen LogP contribution in [0.15, 0.2) is 29.8 Å². The molecule has 0 saturated heterocycles. The lowest BCUT2D eigenvalue weighted by Gasteiger charge is -2.16. The monoisotopic (exact) mass is 297 g/mol. The summed E-state index contributed by atoms with van der Waals surface area (Å²) in [7, 11) is 0. The van der Waals surface area contributed by atoms with Gasteiger partial charge in [-0.05, 0) is 18.6 Å². The highest BCUT2D eigenvalue weighted by Crippen LogP contribution is 2.32. The maximum Gasteiger partial charge on any atom is 0.292 e. The van der Waals surface area contributed by atoms with Gasteiger partial charge in [0.05, 0.1) is 11.0 Å². The third kappa shape index (κ3) is 3.21. The number of aromatic nitrogens is 1. The Hall–Kier alpha value is -1.66. The van der Waals surface area contributed by atoms with Crippen molar-refractivity contribution in [3.63, 3.8) is 0 Å². The number of nitro groups is 1. The lowest BCUT2D eigenvalue weighted by atomic mass is 10.2. The van der Waals surface area contributed by atoms with Crippen molar-refractivity contribution in [1.82, 2.24) is 4.98 Å². The van der Waals surface area contributed by atoms with E-state index in [0.717, 1.165) is 11.4 Å². The normalized spacial score (nSPS) is 12.1. The fraction of sp³-hybridized carbons (Fsp3) is 0.250. The Labute approximate surface area is 119 Å². The Balaban J connectivity index is 2.31. The standard InChI is InChI=1S/C12H12ClN3O2S/c1-2-9(12-14-5-6-19-12)15-10-7-8(13)3-4-11(10)16(17)18/h3-7,9,15H,2H2,1H3. The summed E-state index contributed by atoms with van der Waals surface area (Å²) in [5.41, 5.74) is 0.430. The van der Waals surface area contributed by atoms with Crippen molar-refractivity contribution in [2.24, 2.45) is 0 Å². The van der Waals surface area contributed by atoms with E-state index in [1.54, 1.807) is 12.3 Å². The molecule has 7 heteroatoms. The zero-order valence-corrected chi connectivity index (χ0v) is 11.7. The second kappa shape index (κ2) is 5.99. The number of rotatable bonds is 5. The van der Waals surface area contributed by atoms with Crippen molar-refractivity contribution < 1.29 is 4.92 Å². The van der Waals surface area contributed by atoms with Gasteiger partial charge in [-0.2, -0.15) is 0 Å². The van der Waals surface area contributed by atoms with Crippen LogP contribution in [0.2, 0.25) is 5.02 Å². The molecule has 1 aromatic carbocycles. The van der Waals surface area contributed by atoms with Crippen LogP contribution in [-0.4, -0.2) is 9.91 Å². The Morgan fingerprint density at radius 1 is 1.58 bits per heavy atom. The molecule has 0 saturated carbocycles. The number of hydrogen-bond donors (Lipinski definition) is 1. The van der Waals surface area contributed by atoms with Crippen LogP contribution >= 0.6 is 22.9 Å². The number of nitrogens with zero attached hydrogens (tertiary/aromatic N) is 2. The van der Waals surface area contributed by atoms with Gasteiger partial charge in [0, 0.05) is 22.7 Å². The summed E-state index contributed by atoms with van der Waals surface area (Å²) in [6, 6.07) is 4.42. The van der Waals surface area contributed by atoms with Gasteiger partial charge in [-0.3, -0.25) is 10.1 Å². The molecular formula is C12H12ClN3O2S. The molecule has 1 heterocycles. The van der Waals surface area contributed by atoms with Gasteiger partial charge in [0.1, 0.15) is 10.7 Å². The zero-order valence-electron chi connectivity index (χ0n) is 10.2. The molecule has 1 unspecified atom stereocenters. The molecule has 0 fully saturated rings. The third-order valence-corrected chi connectivity index (χ3v) is 3.77. The number of nitrogens with one attached hydrogen (secondary N) is 1. The maximum atomic E-state index is 11.0. The minimum Gasteiger partial charge on any atom is -0.370 e. The van der Waals surface area contributed by atoms with Crippen LogP contribution in [0.3, 0.4) is 0 Å². The molecule has 2 aromatic rings. The summed E-state index contributed by atoms with van der Waals surface area (Å²) < 4.78 is 0. The van der Waals surface area contributed by atoms with Gasteiger partial charge in [0.2, 0.25) is 0 Å². The van der Waals surface area contributed by atoms with E-state index in [1.807, 2.05) is 12.3 Å². The molecule has 0 radical (unpaired) electrons. The number of thiazole rings is 1. The van der Waals surface area contributed by atoms with Crippen molar-refractivity contribution in [3.05, 3.63) is 49.9 Å². The number of halogens is 1. The number of anilines is 1. The van der Waals surface area contributed by atoms with Crippen molar-refractivity contribution in [3.8, 4) is 0 Å². The number of hydrogen-bond acceptors (Lipinski definition) is 5. The molecule has 1 atom stereocenters. The average Bonchev–Trinajstić information content (AvgIpc) is 2.89. The predicted octanol–water partition coefficient (Wildman–Crippen LogP) is 4.27. The highest BCUT2D eigenvalue weighted by molar-refractivity contribution is 7.09. The molecule has 0 bridgehead atoms. The van der Waals surface area contributed by atoms with Gasteiger partial charge in [-0.1, -0.05) is 18.5 Å². The molecule has 5 nitrogen and oxygen atoms in total. The van der Waals surface area contributed by atoms with Crippen LogP contribution < -0.4 is 5.32 Å². The minimum absolute atomic E-state index is 0.0133. The quantitative estimate of drug-likeness (QED) is 0.661. The lowest BCUT2D eigenvalue weighted by molar-refractivity contribution is -0.384. The van der Waals surface area contributed by atoms with E-state index < -0.39 is 4.92 Å². The molecule has 0 amide bonds. The fourth-order valence-electron chi connectivity index (χ4n) is 1.72. The Morgan fingerprint density at radius 3 is 2.95 bits per heavy atom. The first-order valence-corrected chi connectivity index (χ1v) is 6.97. The SMILES string of the molecule is CCC(Nc1cc(Cl)ccc1[N+](=O)[O-])c1nccs1. The highest BCUT2D eigenvalue weighted by atomic mass is 35.5.